The maximum atomic E-state index is 13.1. The standard InChI is InChI=1S/C75H146O17P2/c1-5-9-13-17-20-23-26-29-32-34-36-38-41-44-47-50-54-58-62-75(80)92-71(66-86-73(78)60-56-52-48-45-42-40-37-35-33-30-27-24-21-18-14-10-6-2)68-90-94(83,84)88-64-69(76)63-87-93(81,82)89-67-70(65-85-72(77)59-55-51-16-12-8-4)91-74(79)61-57-53-49-46-43-39-31-28-25-22-19-15-11-7-3/h69-71,76H,5-68H2,1-4H3,(H,81,82)(H,83,84)/t69-,70+,71+/m0/s1. The average Bonchev–Trinajstić information content (AvgIpc) is 2.61. The summed E-state index contributed by atoms with van der Waals surface area (Å²) < 4.78 is 68.3. The smallest absolute Gasteiger partial charge is 0.462 e. The molecule has 0 fully saturated rings. The van der Waals surface area contributed by atoms with Crippen molar-refractivity contribution < 1.29 is 80.2 Å². The summed E-state index contributed by atoms with van der Waals surface area (Å²) in [6, 6.07) is 0. The van der Waals surface area contributed by atoms with Crippen LogP contribution < -0.4 is 0 Å². The minimum atomic E-state index is -4.95. The van der Waals surface area contributed by atoms with Gasteiger partial charge in [-0.15, -0.1) is 0 Å². The molecule has 0 aliphatic carbocycles. The van der Waals surface area contributed by atoms with Gasteiger partial charge in [0.15, 0.2) is 12.2 Å². The first-order chi connectivity index (χ1) is 45.7. The first-order valence-corrected chi connectivity index (χ1v) is 42.3. The number of carbonyl (C=O) groups excluding carboxylic acids is 4. The molecular weight excluding hydrogens is 1230 g/mol. The number of phosphoric acid groups is 2. The van der Waals surface area contributed by atoms with Crippen LogP contribution >= 0.6 is 15.6 Å². The molecule has 0 aromatic heterocycles. The quantitative estimate of drug-likeness (QED) is 0.0222. The van der Waals surface area contributed by atoms with Crippen LogP contribution in [-0.4, -0.2) is 96.7 Å². The van der Waals surface area contributed by atoms with Gasteiger partial charge in [-0.2, -0.15) is 0 Å². The number of aliphatic hydroxyl groups excluding tert-OH is 1. The van der Waals surface area contributed by atoms with E-state index in [9.17, 15) is 43.2 Å². The second-order valence-corrected chi connectivity index (χ2v) is 29.9. The molecule has 0 aromatic carbocycles. The van der Waals surface area contributed by atoms with Gasteiger partial charge >= 0.3 is 39.5 Å². The molecule has 0 aliphatic heterocycles. The van der Waals surface area contributed by atoms with Crippen LogP contribution in [0, 0.1) is 0 Å². The Morgan fingerprint density at radius 2 is 0.426 bits per heavy atom. The summed E-state index contributed by atoms with van der Waals surface area (Å²) in [6.45, 7) is 4.90. The third-order valence-electron chi connectivity index (χ3n) is 17.6. The average molecular weight is 1380 g/mol. The van der Waals surface area contributed by atoms with Crippen molar-refractivity contribution in [2.24, 2.45) is 0 Å². The number of phosphoric ester groups is 2. The molecule has 19 heteroatoms. The van der Waals surface area contributed by atoms with E-state index in [2.05, 4.69) is 27.7 Å². The third kappa shape index (κ3) is 68.6. The van der Waals surface area contributed by atoms with E-state index in [4.69, 9.17) is 37.0 Å². The fourth-order valence-electron chi connectivity index (χ4n) is 11.6. The van der Waals surface area contributed by atoms with Gasteiger partial charge in [0.25, 0.3) is 0 Å². The van der Waals surface area contributed by atoms with E-state index < -0.39 is 97.5 Å². The molecule has 558 valence electrons. The van der Waals surface area contributed by atoms with E-state index in [0.717, 1.165) is 96.3 Å². The highest BCUT2D eigenvalue weighted by Gasteiger charge is 2.30. The highest BCUT2D eigenvalue weighted by atomic mass is 31.2. The highest BCUT2D eigenvalue weighted by molar-refractivity contribution is 7.47. The Labute approximate surface area is 575 Å². The first-order valence-electron chi connectivity index (χ1n) is 39.3. The number of esters is 4. The van der Waals surface area contributed by atoms with E-state index in [-0.39, 0.29) is 25.7 Å². The number of hydrogen-bond donors (Lipinski definition) is 3. The molecule has 0 amide bonds. The lowest BCUT2D eigenvalue weighted by atomic mass is 10.0. The molecule has 3 N–H and O–H groups in total. The van der Waals surface area contributed by atoms with Crippen LogP contribution in [0.5, 0.6) is 0 Å². The predicted octanol–water partition coefficient (Wildman–Crippen LogP) is 22.2. The predicted molar refractivity (Wildman–Crippen MR) is 382 cm³/mol. The summed E-state index contributed by atoms with van der Waals surface area (Å²) in [5.41, 5.74) is 0. The topological polar surface area (TPSA) is 237 Å². The van der Waals surface area contributed by atoms with Crippen molar-refractivity contribution >= 4 is 39.5 Å². The first kappa shape index (κ1) is 92.1. The largest absolute Gasteiger partial charge is 0.472 e. The van der Waals surface area contributed by atoms with Crippen molar-refractivity contribution in [1.29, 1.82) is 0 Å². The Kier molecular flexibility index (Phi) is 68.1. The molecule has 0 radical (unpaired) electrons. The van der Waals surface area contributed by atoms with Crippen molar-refractivity contribution in [3.8, 4) is 0 Å². The molecule has 0 bridgehead atoms. The second-order valence-electron chi connectivity index (χ2n) is 27.0. The van der Waals surface area contributed by atoms with Crippen molar-refractivity contribution in [2.75, 3.05) is 39.6 Å². The maximum absolute atomic E-state index is 13.1. The monoisotopic (exact) mass is 1380 g/mol. The molecule has 0 saturated heterocycles. The molecule has 2 unspecified atom stereocenters. The lowest BCUT2D eigenvalue weighted by Crippen LogP contribution is -2.30. The van der Waals surface area contributed by atoms with Crippen LogP contribution in [0.1, 0.15) is 400 Å². The summed E-state index contributed by atoms with van der Waals surface area (Å²) in [6.07, 6.45) is 60.0. The summed E-state index contributed by atoms with van der Waals surface area (Å²) >= 11 is 0. The zero-order chi connectivity index (χ0) is 69.0. The Balaban J connectivity index is 5.14. The Hall–Kier alpha value is -1.94. The number of rotatable bonds is 76. The van der Waals surface area contributed by atoms with E-state index in [0.29, 0.717) is 25.7 Å². The molecule has 94 heavy (non-hydrogen) atoms. The van der Waals surface area contributed by atoms with Crippen molar-refractivity contribution in [2.45, 2.75) is 418 Å². The van der Waals surface area contributed by atoms with Gasteiger partial charge in [0.1, 0.15) is 19.3 Å². The van der Waals surface area contributed by atoms with Gasteiger partial charge in [0.05, 0.1) is 26.4 Å². The van der Waals surface area contributed by atoms with E-state index >= 15 is 0 Å². The van der Waals surface area contributed by atoms with Crippen molar-refractivity contribution in [3.05, 3.63) is 0 Å². The van der Waals surface area contributed by atoms with Gasteiger partial charge in [-0.05, 0) is 25.7 Å². The zero-order valence-electron chi connectivity index (χ0n) is 60.9. The van der Waals surface area contributed by atoms with Gasteiger partial charge in [-0.25, -0.2) is 9.13 Å². The van der Waals surface area contributed by atoms with Gasteiger partial charge in [-0.1, -0.05) is 349 Å². The fraction of sp³-hybridized carbons (Fsp3) is 0.947. The molecular formula is C75H146O17P2. The Morgan fingerprint density at radius 3 is 0.628 bits per heavy atom. The zero-order valence-corrected chi connectivity index (χ0v) is 62.7. The summed E-state index contributed by atoms with van der Waals surface area (Å²) in [5, 5.41) is 10.6. The second kappa shape index (κ2) is 69.5. The van der Waals surface area contributed by atoms with Gasteiger partial charge in [-0.3, -0.25) is 37.3 Å². The van der Waals surface area contributed by atoms with Gasteiger partial charge in [0.2, 0.25) is 0 Å². The van der Waals surface area contributed by atoms with Crippen LogP contribution in [0.3, 0.4) is 0 Å². The van der Waals surface area contributed by atoms with Gasteiger partial charge in [0, 0.05) is 25.7 Å². The third-order valence-corrected chi connectivity index (χ3v) is 19.5. The van der Waals surface area contributed by atoms with Crippen molar-refractivity contribution in [1.82, 2.24) is 0 Å². The highest BCUT2D eigenvalue weighted by Crippen LogP contribution is 2.45. The molecule has 0 aliphatic rings. The van der Waals surface area contributed by atoms with Crippen LogP contribution in [0.4, 0.5) is 0 Å². The van der Waals surface area contributed by atoms with Crippen LogP contribution in [0.2, 0.25) is 0 Å². The number of unbranched alkanes of at least 4 members (excludes halogenated alkanes) is 50. The van der Waals surface area contributed by atoms with Crippen molar-refractivity contribution in [3.63, 3.8) is 0 Å². The minimum absolute atomic E-state index is 0.108. The summed E-state index contributed by atoms with van der Waals surface area (Å²) in [4.78, 5) is 72.5. The molecule has 0 rings (SSSR count). The van der Waals surface area contributed by atoms with Crippen LogP contribution in [-0.2, 0) is 65.4 Å². The Bertz CT molecular complexity index is 1790. The maximum Gasteiger partial charge on any atom is 0.472 e. The molecule has 0 heterocycles. The number of hydrogen-bond acceptors (Lipinski definition) is 15. The normalized spacial score (nSPS) is 13.9. The number of carbonyl (C=O) groups is 4. The number of aliphatic hydroxyl groups is 1. The molecule has 17 nitrogen and oxygen atoms in total. The molecule has 0 aromatic rings. The molecule has 0 saturated carbocycles. The Morgan fingerprint density at radius 1 is 0.255 bits per heavy atom. The molecule has 5 atom stereocenters. The SMILES string of the molecule is CCCCCCCCCCCCCCCCCCCCC(=O)O[C@H](COC(=O)CCCCCCCCCCCCCCCCCCC)COP(=O)(O)OC[C@@H](O)COP(=O)(O)OC[C@@H](COC(=O)CCCCCCC)OC(=O)CCCCCCCCCCCCCCCC. The lowest BCUT2D eigenvalue weighted by molar-refractivity contribution is -0.161. The summed E-state index contributed by atoms with van der Waals surface area (Å²) in [7, 11) is -9.90. The lowest BCUT2D eigenvalue weighted by Gasteiger charge is -2.21. The number of ether oxygens (including phenoxy) is 4. The van der Waals surface area contributed by atoms with Crippen LogP contribution in [0.25, 0.3) is 0 Å². The van der Waals surface area contributed by atoms with E-state index in [1.165, 1.54) is 225 Å². The van der Waals surface area contributed by atoms with Crippen LogP contribution in [0.15, 0.2) is 0 Å². The van der Waals surface area contributed by atoms with E-state index in [1.807, 2.05) is 0 Å². The van der Waals surface area contributed by atoms with E-state index in [1.54, 1.807) is 0 Å². The molecule has 0 spiro atoms. The minimum Gasteiger partial charge on any atom is -0.462 e. The van der Waals surface area contributed by atoms with Gasteiger partial charge < -0.3 is 33.8 Å². The summed E-state index contributed by atoms with van der Waals surface area (Å²) in [5.74, 6) is -2.12. The fourth-order valence-corrected chi connectivity index (χ4v) is 13.2.